The molecule has 1 fully saturated rings. The van der Waals surface area contributed by atoms with Crippen LogP contribution >= 0.6 is 0 Å². The van der Waals surface area contributed by atoms with Gasteiger partial charge in [0.2, 0.25) is 11.6 Å². The van der Waals surface area contributed by atoms with Crippen LogP contribution < -0.4 is 26.3 Å². The second-order valence-corrected chi connectivity index (χ2v) is 11.6. The highest BCUT2D eigenvalue weighted by Crippen LogP contribution is 2.37. The molecule has 10 nitrogen and oxygen atoms in total. The number of nitrogens with one attached hydrogen (secondary N) is 1. The largest absolute Gasteiger partial charge is 0.488 e. The van der Waals surface area contributed by atoms with Crippen LogP contribution in [0, 0.1) is 18.6 Å². The molecule has 12 heteroatoms. The lowest BCUT2D eigenvalue weighted by molar-refractivity contribution is 0.0847. The average molecular weight is 604 g/mol. The maximum Gasteiger partial charge on any atom is 0.219 e. The number of pyridine rings is 1. The van der Waals surface area contributed by atoms with Gasteiger partial charge in [-0.25, -0.2) is 18.4 Å². The van der Waals surface area contributed by atoms with Crippen molar-refractivity contribution < 1.29 is 23.0 Å². The van der Waals surface area contributed by atoms with Gasteiger partial charge in [0.25, 0.3) is 0 Å². The maximum absolute atomic E-state index is 14.0. The number of anilines is 3. The van der Waals surface area contributed by atoms with Gasteiger partial charge in [0, 0.05) is 37.3 Å². The van der Waals surface area contributed by atoms with Crippen molar-refractivity contribution in [2.24, 2.45) is 0 Å². The molecule has 1 atom stereocenters. The average Bonchev–Trinajstić information content (AvgIpc) is 3.58. The summed E-state index contributed by atoms with van der Waals surface area (Å²) in [7, 11) is 0. The highest BCUT2D eigenvalue weighted by atomic mass is 19.1. The van der Waals surface area contributed by atoms with E-state index in [0.29, 0.717) is 35.2 Å². The zero-order valence-corrected chi connectivity index (χ0v) is 24.8. The van der Waals surface area contributed by atoms with Crippen LogP contribution in [-0.4, -0.2) is 56.7 Å². The molecule has 2 aromatic carbocycles. The number of halogens is 2. The molecule has 0 amide bonds. The van der Waals surface area contributed by atoms with E-state index in [2.05, 4.69) is 34.1 Å². The van der Waals surface area contributed by atoms with Gasteiger partial charge in [-0.2, -0.15) is 5.10 Å². The molecular formula is C32H35F2N7O3. The van der Waals surface area contributed by atoms with E-state index >= 15 is 0 Å². The number of nitrogen functional groups attached to an aromatic ring is 2. The summed E-state index contributed by atoms with van der Waals surface area (Å²) in [6.45, 7) is 8.13. The first kappa shape index (κ1) is 29.4. The number of benzene rings is 2. The molecule has 230 valence electrons. The number of piperidine rings is 1. The lowest BCUT2D eigenvalue weighted by Crippen LogP contribution is -2.41. The van der Waals surface area contributed by atoms with Crippen molar-refractivity contribution >= 4 is 23.0 Å². The van der Waals surface area contributed by atoms with Crippen molar-refractivity contribution in [3.63, 3.8) is 0 Å². The first-order valence-corrected chi connectivity index (χ1v) is 14.6. The zero-order valence-electron chi connectivity index (χ0n) is 24.8. The van der Waals surface area contributed by atoms with Gasteiger partial charge in [-0.3, -0.25) is 4.79 Å². The third-order valence-electron chi connectivity index (χ3n) is 8.29. The number of aryl methyl sites for hydroxylation is 1. The zero-order chi connectivity index (χ0) is 31.1. The van der Waals surface area contributed by atoms with Crippen LogP contribution in [0.2, 0.25) is 0 Å². The number of likely N-dealkylation sites (tertiary alicyclic amines) is 1. The molecule has 0 spiro atoms. The Kier molecular flexibility index (Phi) is 7.85. The summed E-state index contributed by atoms with van der Waals surface area (Å²) in [6, 6.07) is 8.66. The van der Waals surface area contributed by atoms with Crippen LogP contribution in [0.25, 0.3) is 5.69 Å². The fraction of sp³-hybridized carbons (Fsp3) is 0.344. The Morgan fingerprint density at radius 1 is 1.09 bits per heavy atom. The monoisotopic (exact) mass is 603 g/mol. The summed E-state index contributed by atoms with van der Waals surface area (Å²) in [5.41, 5.74) is 16.4. The van der Waals surface area contributed by atoms with Crippen LogP contribution in [-0.2, 0) is 6.42 Å². The summed E-state index contributed by atoms with van der Waals surface area (Å²) in [5, 5.41) is 7.61. The van der Waals surface area contributed by atoms with Gasteiger partial charge in [0.05, 0.1) is 35.4 Å². The molecule has 5 N–H and O–H groups in total. The number of Topliss-reactive ketones (excluding diaryl/α,β-unsaturated/α-hetero) is 1. The summed E-state index contributed by atoms with van der Waals surface area (Å²) in [4.78, 5) is 20.2. The summed E-state index contributed by atoms with van der Waals surface area (Å²) in [5.74, 6) is -1.67. The number of carbonyl (C=O) groups is 1. The fourth-order valence-electron chi connectivity index (χ4n) is 5.76. The summed E-state index contributed by atoms with van der Waals surface area (Å²) in [6.07, 6.45) is 5.26. The Bertz CT molecular complexity index is 1700. The number of para-hydroxylation sites is 1. The lowest BCUT2D eigenvalue weighted by Gasteiger charge is -2.34. The molecule has 0 radical (unpaired) electrons. The Labute approximate surface area is 254 Å². The van der Waals surface area contributed by atoms with E-state index in [1.807, 2.05) is 12.1 Å². The van der Waals surface area contributed by atoms with E-state index < -0.39 is 23.4 Å². The first-order valence-electron chi connectivity index (χ1n) is 14.6. The van der Waals surface area contributed by atoms with Crippen molar-refractivity contribution in [3.8, 4) is 23.1 Å². The number of carbonyl (C=O) groups excluding carboxylic acids is 1. The quantitative estimate of drug-likeness (QED) is 0.182. The van der Waals surface area contributed by atoms with E-state index in [9.17, 15) is 13.6 Å². The molecule has 2 aromatic heterocycles. The van der Waals surface area contributed by atoms with Gasteiger partial charge >= 0.3 is 0 Å². The second kappa shape index (κ2) is 11.8. The van der Waals surface area contributed by atoms with Crippen molar-refractivity contribution in [2.75, 3.05) is 29.9 Å². The van der Waals surface area contributed by atoms with Crippen LogP contribution in [0.3, 0.4) is 0 Å². The predicted molar refractivity (Wildman–Crippen MR) is 164 cm³/mol. The number of ether oxygens (including phenoxy) is 2. The van der Waals surface area contributed by atoms with Crippen molar-refractivity contribution in [2.45, 2.75) is 58.2 Å². The smallest absolute Gasteiger partial charge is 0.219 e. The number of rotatable bonds is 8. The highest BCUT2D eigenvalue weighted by Gasteiger charge is 2.32. The highest BCUT2D eigenvalue weighted by molar-refractivity contribution is 6.06. The lowest BCUT2D eigenvalue weighted by atomic mass is 10.0. The maximum atomic E-state index is 14.0. The number of fused-ring (bicyclic) bond motifs is 1. The molecule has 2 aliphatic rings. The number of hydrogen-bond acceptors (Lipinski definition) is 9. The summed E-state index contributed by atoms with van der Waals surface area (Å²) >= 11 is 0. The molecule has 4 heterocycles. The minimum Gasteiger partial charge on any atom is -0.488 e. The number of hydrogen-bond donors (Lipinski definition) is 3. The van der Waals surface area contributed by atoms with Crippen molar-refractivity contribution in [3.05, 3.63) is 77.1 Å². The SMILES string of the molecule is Cc1cc(Oc2c(F)cccc2F)ncc1-n1ncc(C(=O)C2Cc3cc(OC4CCN(C(C)C)CC4)c(N)cc3N2)c1N. The molecule has 0 saturated carbocycles. The van der Waals surface area contributed by atoms with E-state index in [0.717, 1.165) is 49.3 Å². The Morgan fingerprint density at radius 2 is 1.82 bits per heavy atom. The third-order valence-corrected chi connectivity index (χ3v) is 8.29. The van der Waals surface area contributed by atoms with Crippen LogP contribution in [0.5, 0.6) is 17.4 Å². The van der Waals surface area contributed by atoms with E-state index in [-0.39, 0.29) is 29.1 Å². The molecule has 44 heavy (non-hydrogen) atoms. The van der Waals surface area contributed by atoms with Gasteiger partial charge < -0.3 is 31.2 Å². The Morgan fingerprint density at radius 3 is 2.50 bits per heavy atom. The molecule has 0 bridgehead atoms. The van der Waals surface area contributed by atoms with Crippen LogP contribution in [0.15, 0.2) is 48.8 Å². The topological polar surface area (TPSA) is 134 Å². The first-order chi connectivity index (χ1) is 21.1. The van der Waals surface area contributed by atoms with Gasteiger partial charge in [-0.15, -0.1) is 0 Å². The van der Waals surface area contributed by atoms with Gasteiger partial charge in [0.1, 0.15) is 17.7 Å². The molecule has 0 aliphatic carbocycles. The van der Waals surface area contributed by atoms with E-state index in [1.54, 1.807) is 6.92 Å². The fourth-order valence-corrected chi connectivity index (χ4v) is 5.76. The number of aromatic nitrogens is 3. The van der Waals surface area contributed by atoms with Crippen molar-refractivity contribution in [1.29, 1.82) is 0 Å². The van der Waals surface area contributed by atoms with Gasteiger partial charge in [-0.05, 0) is 69.0 Å². The molecular weight excluding hydrogens is 568 g/mol. The Hall–Kier alpha value is -4.71. The number of ketones is 1. The van der Waals surface area contributed by atoms with Crippen LogP contribution in [0.1, 0.15) is 48.2 Å². The van der Waals surface area contributed by atoms with Crippen LogP contribution in [0.4, 0.5) is 26.0 Å². The molecule has 6 rings (SSSR count). The molecule has 1 unspecified atom stereocenters. The molecule has 2 aliphatic heterocycles. The van der Waals surface area contributed by atoms with E-state index in [1.165, 1.54) is 29.2 Å². The molecule has 1 saturated heterocycles. The normalized spacial score (nSPS) is 17.0. The van der Waals surface area contributed by atoms with Gasteiger partial charge in [0.15, 0.2) is 17.4 Å². The minimum absolute atomic E-state index is 0.00571. The predicted octanol–water partition coefficient (Wildman–Crippen LogP) is 5.28. The van der Waals surface area contributed by atoms with Gasteiger partial charge in [-0.1, -0.05) is 6.07 Å². The standard InChI is InChI=1S/C32H35F2N7O3/c1-17(2)40-9-7-20(8-10-40)43-28-13-19-12-26(39-25(19)14-24(28)35)30(42)21-15-38-41(32(21)36)27-16-37-29(11-18(27)3)44-31-22(33)5-4-6-23(31)34/h4-6,11,13-17,20,26,39H,7-10,12,35-36H2,1-3H3. The number of nitrogens with two attached hydrogens (primary N) is 2. The van der Waals surface area contributed by atoms with Crippen molar-refractivity contribution in [1.82, 2.24) is 19.7 Å². The van der Waals surface area contributed by atoms with E-state index in [4.69, 9.17) is 20.9 Å². The molecule has 4 aromatic rings. The number of nitrogens with zero attached hydrogens (tertiary/aromatic N) is 4. The minimum atomic E-state index is -0.843. The second-order valence-electron chi connectivity index (χ2n) is 11.6. The Balaban J connectivity index is 1.14. The third kappa shape index (κ3) is 5.64. The summed E-state index contributed by atoms with van der Waals surface area (Å²) < 4.78 is 41.1.